The van der Waals surface area contributed by atoms with Crippen molar-refractivity contribution in [2.45, 2.75) is 73.6 Å². The Morgan fingerprint density at radius 2 is 1.27 bits per heavy atom. The van der Waals surface area contributed by atoms with E-state index in [0.717, 1.165) is 5.92 Å². The molecule has 0 aliphatic heterocycles. The number of primary amides is 1. The van der Waals surface area contributed by atoms with Crippen LogP contribution in [0.5, 0.6) is 0 Å². The zero-order chi connectivity index (χ0) is 12.7. The molecule has 0 spiro atoms. The van der Waals surface area contributed by atoms with Crippen LogP contribution >= 0.6 is 0 Å². The summed E-state index contributed by atoms with van der Waals surface area (Å²) < 4.78 is 0. The maximum atomic E-state index is 9.22. The van der Waals surface area contributed by atoms with Gasteiger partial charge in [-0.05, 0) is 5.92 Å². The first-order valence-electron chi connectivity index (χ1n) is 6.39. The van der Waals surface area contributed by atoms with Crippen molar-refractivity contribution in [2.24, 2.45) is 11.7 Å². The lowest BCUT2D eigenvalue weighted by molar-refractivity contribution is -0.115. The number of carbonyl (C=O) groups is 1. The summed E-state index contributed by atoms with van der Waals surface area (Å²) in [4.78, 5) is 9.22. The highest BCUT2D eigenvalue weighted by molar-refractivity contribution is 5.70. The highest BCUT2D eigenvalue weighted by Gasteiger charge is 2.05. The van der Waals surface area contributed by atoms with Gasteiger partial charge in [-0.2, -0.15) is 0 Å². The number of rotatable bonds is 0. The van der Waals surface area contributed by atoms with Crippen molar-refractivity contribution in [3.63, 3.8) is 0 Å². The van der Waals surface area contributed by atoms with Crippen LogP contribution in [0.4, 0.5) is 0 Å². The van der Waals surface area contributed by atoms with E-state index in [1.54, 1.807) is 0 Å². The molecule has 0 aromatic heterocycles. The molecule has 94 valence electrons. The van der Waals surface area contributed by atoms with Crippen molar-refractivity contribution in [1.82, 2.24) is 0 Å². The molecule has 1 aliphatic carbocycles. The SMILES string of the molecule is CC.CC.CC(N)=O.CC1CCCCC1. The summed E-state index contributed by atoms with van der Waals surface area (Å²) in [7, 11) is 0. The first-order valence-corrected chi connectivity index (χ1v) is 6.39. The minimum Gasteiger partial charge on any atom is -0.370 e. The highest BCUT2D eigenvalue weighted by Crippen LogP contribution is 2.21. The van der Waals surface area contributed by atoms with Gasteiger partial charge in [-0.15, -0.1) is 0 Å². The molecule has 0 saturated heterocycles. The van der Waals surface area contributed by atoms with Crippen molar-refractivity contribution in [3.05, 3.63) is 0 Å². The molecule has 1 amide bonds. The number of hydrogen-bond acceptors (Lipinski definition) is 1. The van der Waals surface area contributed by atoms with Gasteiger partial charge in [0.25, 0.3) is 0 Å². The molecule has 1 saturated carbocycles. The van der Waals surface area contributed by atoms with Crippen molar-refractivity contribution in [1.29, 1.82) is 0 Å². The second-order valence-corrected chi connectivity index (χ2v) is 3.35. The fourth-order valence-corrected chi connectivity index (χ4v) is 1.31. The molecule has 2 nitrogen and oxygen atoms in total. The predicted octanol–water partition coefficient (Wildman–Crippen LogP) is 4.13. The van der Waals surface area contributed by atoms with Gasteiger partial charge in [0.05, 0.1) is 0 Å². The normalized spacial score (nSPS) is 14.3. The molecule has 0 heterocycles. The summed E-state index contributed by atoms with van der Waals surface area (Å²) in [6.45, 7) is 11.7. The zero-order valence-corrected chi connectivity index (χ0v) is 11.6. The van der Waals surface area contributed by atoms with Crippen LogP contribution in [0.3, 0.4) is 0 Å². The lowest BCUT2D eigenvalue weighted by atomic mass is 9.91. The summed E-state index contributed by atoms with van der Waals surface area (Å²) >= 11 is 0. The van der Waals surface area contributed by atoms with E-state index in [2.05, 4.69) is 12.7 Å². The molecular formula is C13H31NO. The van der Waals surface area contributed by atoms with E-state index in [1.165, 1.54) is 39.0 Å². The molecule has 0 bridgehead atoms. The average Bonchev–Trinajstić information content (AvgIpc) is 2.24. The van der Waals surface area contributed by atoms with Gasteiger partial charge in [-0.3, -0.25) is 4.79 Å². The van der Waals surface area contributed by atoms with E-state index in [4.69, 9.17) is 0 Å². The highest BCUT2D eigenvalue weighted by atomic mass is 16.1. The number of amides is 1. The Hall–Kier alpha value is -0.530. The second-order valence-electron chi connectivity index (χ2n) is 3.35. The zero-order valence-electron chi connectivity index (χ0n) is 11.6. The maximum absolute atomic E-state index is 9.22. The third-order valence-electron chi connectivity index (χ3n) is 1.89. The van der Waals surface area contributed by atoms with Crippen LogP contribution in [0.25, 0.3) is 0 Å². The molecule has 0 aromatic carbocycles. The lowest BCUT2D eigenvalue weighted by Crippen LogP contribution is -2.01. The van der Waals surface area contributed by atoms with Gasteiger partial charge >= 0.3 is 0 Å². The standard InChI is InChI=1S/C7H14.C2H5NO.2C2H6/c1-7-5-3-2-4-6-7;1-2(3)4;2*1-2/h7H,2-6H2,1H3;1H3,(H2,3,4);2*1-2H3. The smallest absolute Gasteiger partial charge is 0.214 e. The number of carbonyl (C=O) groups excluding carboxylic acids is 1. The lowest BCUT2D eigenvalue weighted by Gasteiger charge is -2.15. The van der Waals surface area contributed by atoms with Crippen LogP contribution in [0.2, 0.25) is 0 Å². The molecule has 0 unspecified atom stereocenters. The van der Waals surface area contributed by atoms with E-state index in [1.807, 2.05) is 27.7 Å². The van der Waals surface area contributed by atoms with Crippen molar-refractivity contribution < 1.29 is 4.79 Å². The molecule has 1 rings (SSSR count). The first-order chi connectivity index (χ1) is 7.13. The number of nitrogens with two attached hydrogens (primary N) is 1. The topological polar surface area (TPSA) is 43.1 Å². The fourth-order valence-electron chi connectivity index (χ4n) is 1.31. The van der Waals surface area contributed by atoms with E-state index in [9.17, 15) is 4.79 Å². The van der Waals surface area contributed by atoms with Gasteiger partial charge < -0.3 is 5.73 Å². The van der Waals surface area contributed by atoms with Crippen molar-refractivity contribution in [2.75, 3.05) is 0 Å². The Bertz CT molecular complexity index is 103. The van der Waals surface area contributed by atoms with E-state index >= 15 is 0 Å². The van der Waals surface area contributed by atoms with Crippen molar-refractivity contribution in [3.8, 4) is 0 Å². The molecule has 2 N–H and O–H groups in total. The third kappa shape index (κ3) is 31.8. The molecular weight excluding hydrogens is 186 g/mol. The van der Waals surface area contributed by atoms with Crippen LogP contribution in [0.15, 0.2) is 0 Å². The van der Waals surface area contributed by atoms with Gasteiger partial charge in [0.2, 0.25) is 5.91 Å². The van der Waals surface area contributed by atoms with Crippen LogP contribution < -0.4 is 5.73 Å². The Kier molecular flexibility index (Phi) is 25.4. The van der Waals surface area contributed by atoms with Crippen molar-refractivity contribution >= 4 is 5.91 Å². The Balaban J connectivity index is -0.000000156. The fraction of sp³-hybridized carbons (Fsp3) is 0.923. The summed E-state index contributed by atoms with van der Waals surface area (Å²) in [6, 6.07) is 0. The largest absolute Gasteiger partial charge is 0.370 e. The third-order valence-corrected chi connectivity index (χ3v) is 1.89. The quantitative estimate of drug-likeness (QED) is 0.651. The van der Waals surface area contributed by atoms with E-state index in [0.29, 0.717) is 0 Å². The van der Waals surface area contributed by atoms with Gasteiger partial charge in [0.1, 0.15) is 0 Å². The molecule has 0 atom stereocenters. The molecule has 1 aliphatic rings. The average molecular weight is 217 g/mol. The van der Waals surface area contributed by atoms with Gasteiger partial charge in [-0.25, -0.2) is 0 Å². The van der Waals surface area contributed by atoms with E-state index in [-0.39, 0.29) is 5.91 Å². The maximum Gasteiger partial charge on any atom is 0.214 e. The van der Waals surface area contributed by atoms with Gasteiger partial charge in [0, 0.05) is 6.92 Å². The Morgan fingerprint density at radius 3 is 1.40 bits per heavy atom. The first kappa shape index (κ1) is 20.0. The minimum atomic E-state index is -0.333. The Morgan fingerprint density at radius 1 is 1.00 bits per heavy atom. The van der Waals surface area contributed by atoms with Crippen LogP contribution in [0.1, 0.15) is 73.6 Å². The molecule has 0 aromatic rings. The monoisotopic (exact) mass is 217 g/mol. The summed E-state index contributed by atoms with van der Waals surface area (Å²) in [5.74, 6) is 0.703. The van der Waals surface area contributed by atoms with Crippen LogP contribution in [-0.4, -0.2) is 5.91 Å². The number of hydrogen-bond donors (Lipinski definition) is 1. The molecule has 0 radical (unpaired) electrons. The second kappa shape index (κ2) is 19.1. The van der Waals surface area contributed by atoms with Crippen LogP contribution in [0, 0.1) is 5.92 Å². The van der Waals surface area contributed by atoms with Gasteiger partial charge in [0.15, 0.2) is 0 Å². The summed E-state index contributed by atoms with van der Waals surface area (Å²) in [6.07, 6.45) is 7.44. The van der Waals surface area contributed by atoms with E-state index < -0.39 is 0 Å². The van der Waals surface area contributed by atoms with Gasteiger partial charge in [-0.1, -0.05) is 66.7 Å². The molecule has 15 heavy (non-hydrogen) atoms. The van der Waals surface area contributed by atoms with Crippen LogP contribution in [-0.2, 0) is 4.79 Å². The Labute approximate surface area is 96.6 Å². The molecule has 1 fully saturated rings. The predicted molar refractivity (Wildman–Crippen MR) is 69.8 cm³/mol. The summed E-state index contributed by atoms with van der Waals surface area (Å²) in [5, 5.41) is 0. The molecule has 2 heteroatoms. The minimum absolute atomic E-state index is 0.333. The summed E-state index contributed by atoms with van der Waals surface area (Å²) in [5.41, 5.74) is 4.47.